The van der Waals surface area contributed by atoms with Crippen molar-refractivity contribution in [3.63, 3.8) is 0 Å². The third kappa shape index (κ3) is 4.20. The van der Waals surface area contributed by atoms with E-state index < -0.39 is 0 Å². The predicted molar refractivity (Wildman–Crippen MR) is 113 cm³/mol. The van der Waals surface area contributed by atoms with E-state index in [2.05, 4.69) is 85.8 Å². The molecule has 0 aromatic heterocycles. The first-order valence-corrected chi connectivity index (χ1v) is 9.82. The Morgan fingerprint density at radius 1 is 0.815 bits per heavy atom. The van der Waals surface area contributed by atoms with Gasteiger partial charge in [-0.15, -0.1) is 0 Å². The minimum Gasteiger partial charge on any atom is -0.376 e. The number of fused-ring (bicyclic) bond motifs is 1. The molecule has 3 aromatic rings. The Kier molecular flexibility index (Phi) is 5.50. The summed E-state index contributed by atoms with van der Waals surface area (Å²) in [6.45, 7) is 3.68. The summed E-state index contributed by atoms with van der Waals surface area (Å²) in [4.78, 5) is 0. The van der Waals surface area contributed by atoms with Crippen LogP contribution in [0.3, 0.4) is 0 Å². The Morgan fingerprint density at radius 2 is 1.52 bits per heavy atom. The Hall–Kier alpha value is -2.64. The molecule has 0 radical (unpaired) electrons. The van der Waals surface area contributed by atoms with Crippen LogP contribution >= 0.6 is 0 Å². The third-order valence-electron chi connectivity index (χ3n) is 5.33. The lowest BCUT2D eigenvalue weighted by Gasteiger charge is -2.23. The molecule has 1 heteroatoms. The van der Waals surface area contributed by atoms with E-state index in [-0.39, 0.29) is 0 Å². The average Bonchev–Trinajstić information content (AvgIpc) is 2.74. The molecule has 136 valence electrons. The normalized spacial score (nSPS) is 14.3. The van der Waals surface area contributed by atoms with E-state index in [1.165, 1.54) is 33.4 Å². The van der Waals surface area contributed by atoms with Gasteiger partial charge in [0, 0.05) is 5.92 Å². The molecule has 1 aliphatic carbocycles. The summed E-state index contributed by atoms with van der Waals surface area (Å²) >= 11 is 0. The van der Waals surface area contributed by atoms with Crippen molar-refractivity contribution >= 4 is 5.57 Å². The molecular weight excluding hydrogens is 328 g/mol. The summed E-state index contributed by atoms with van der Waals surface area (Å²) in [5.41, 5.74) is 8.04. The molecule has 1 aliphatic rings. The predicted octanol–water partition coefficient (Wildman–Crippen LogP) is 6.54. The van der Waals surface area contributed by atoms with Crippen LogP contribution in [0.4, 0.5) is 0 Å². The second-order valence-corrected chi connectivity index (χ2v) is 7.33. The molecule has 0 aliphatic heterocycles. The van der Waals surface area contributed by atoms with Crippen molar-refractivity contribution < 1.29 is 4.74 Å². The van der Waals surface area contributed by atoms with Gasteiger partial charge in [0.2, 0.25) is 0 Å². The minimum absolute atomic E-state index is 0.412. The van der Waals surface area contributed by atoms with E-state index in [1.54, 1.807) is 0 Å². The zero-order valence-electron chi connectivity index (χ0n) is 15.9. The summed E-state index contributed by atoms with van der Waals surface area (Å²) < 4.78 is 6.05. The van der Waals surface area contributed by atoms with Gasteiger partial charge in [0.15, 0.2) is 0 Å². The quantitative estimate of drug-likeness (QED) is 0.488. The molecule has 4 rings (SSSR count). The van der Waals surface area contributed by atoms with Gasteiger partial charge in [0.25, 0.3) is 0 Å². The molecule has 0 saturated heterocycles. The van der Waals surface area contributed by atoms with Gasteiger partial charge in [-0.25, -0.2) is 0 Å². The highest BCUT2D eigenvalue weighted by atomic mass is 16.5. The number of aryl methyl sites for hydroxylation is 1. The Labute approximate surface area is 162 Å². The minimum atomic E-state index is 0.412. The van der Waals surface area contributed by atoms with Crippen molar-refractivity contribution in [1.29, 1.82) is 0 Å². The van der Waals surface area contributed by atoms with Crippen molar-refractivity contribution in [2.45, 2.75) is 26.4 Å². The fraction of sp³-hybridized carbons (Fsp3) is 0.231. The second-order valence-electron chi connectivity index (χ2n) is 7.33. The molecule has 0 N–H and O–H groups in total. The average molecular weight is 354 g/mol. The molecule has 0 bridgehead atoms. The molecule has 3 aromatic carbocycles. The molecule has 1 atom stereocenters. The third-order valence-corrected chi connectivity index (χ3v) is 5.33. The first-order chi connectivity index (χ1) is 13.3. The number of hydrogen-bond donors (Lipinski definition) is 0. The second kappa shape index (κ2) is 8.37. The topological polar surface area (TPSA) is 9.23 Å². The van der Waals surface area contributed by atoms with Gasteiger partial charge in [0.1, 0.15) is 0 Å². The van der Waals surface area contributed by atoms with Crippen LogP contribution in [0.25, 0.3) is 16.7 Å². The molecule has 1 nitrogen and oxygen atoms in total. The number of rotatable bonds is 6. The standard InChI is InChI=1S/C26H26O/c1-20(25-13-7-11-24-10-5-6-12-26(24)25)18-27-19-21-14-16-23(17-15-21)22-8-3-2-4-9-22/h2-6,8-10,12-17,20H,7,11,18-19H2,1H3. The maximum atomic E-state index is 6.05. The van der Waals surface area contributed by atoms with Crippen molar-refractivity contribution in [3.05, 3.63) is 102 Å². The summed E-state index contributed by atoms with van der Waals surface area (Å²) in [7, 11) is 0. The van der Waals surface area contributed by atoms with Gasteiger partial charge in [-0.3, -0.25) is 0 Å². The van der Waals surface area contributed by atoms with Crippen LogP contribution in [0, 0.1) is 5.92 Å². The van der Waals surface area contributed by atoms with Crippen LogP contribution in [-0.4, -0.2) is 6.61 Å². The Bertz CT molecular complexity index is 906. The highest BCUT2D eigenvalue weighted by molar-refractivity contribution is 5.71. The van der Waals surface area contributed by atoms with Crippen molar-refractivity contribution in [1.82, 2.24) is 0 Å². The summed E-state index contributed by atoms with van der Waals surface area (Å²) in [5, 5.41) is 0. The van der Waals surface area contributed by atoms with E-state index in [1.807, 2.05) is 6.07 Å². The van der Waals surface area contributed by atoms with Crippen molar-refractivity contribution in [2.24, 2.45) is 5.92 Å². The van der Waals surface area contributed by atoms with Crippen LogP contribution in [0.2, 0.25) is 0 Å². The zero-order valence-corrected chi connectivity index (χ0v) is 15.9. The van der Waals surface area contributed by atoms with E-state index in [0.29, 0.717) is 12.5 Å². The van der Waals surface area contributed by atoms with Crippen LogP contribution in [0.15, 0.2) is 84.9 Å². The fourth-order valence-electron chi connectivity index (χ4n) is 3.85. The van der Waals surface area contributed by atoms with E-state index in [4.69, 9.17) is 4.74 Å². The van der Waals surface area contributed by atoms with Gasteiger partial charge in [-0.2, -0.15) is 0 Å². The van der Waals surface area contributed by atoms with Crippen molar-refractivity contribution in [2.75, 3.05) is 6.61 Å². The van der Waals surface area contributed by atoms with Crippen LogP contribution in [-0.2, 0) is 17.8 Å². The molecule has 0 amide bonds. The van der Waals surface area contributed by atoms with Gasteiger partial charge in [0.05, 0.1) is 13.2 Å². The van der Waals surface area contributed by atoms with Gasteiger partial charge >= 0.3 is 0 Å². The summed E-state index contributed by atoms with van der Waals surface area (Å²) in [6, 6.07) is 28.0. The molecule has 1 unspecified atom stereocenters. The lowest BCUT2D eigenvalue weighted by atomic mass is 9.85. The maximum absolute atomic E-state index is 6.05. The summed E-state index contributed by atoms with van der Waals surface area (Å²) in [6.07, 6.45) is 4.68. The first-order valence-electron chi connectivity index (χ1n) is 9.82. The van der Waals surface area contributed by atoms with Crippen LogP contribution in [0.5, 0.6) is 0 Å². The molecule has 0 spiro atoms. The molecule has 0 heterocycles. The van der Waals surface area contributed by atoms with Gasteiger partial charge in [-0.05, 0) is 46.2 Å². The van der Waals surface area contributed by atoms with Gasteiger partial charge < -0.3 is 4.74 Å². The Balaban J connectivity index is 1.34. The maximum Gasteiger partial charge on any atom is 0.0717 e. The Morgan fingerprint density at radius 3 is 2.33 bits per heavy atom. The van der Waals surface area contributed by atoms with Crippen LogP contribution < -0.4 is 0 Å². The lowest BCUT2D eigenvalue weighted by molar-refractivity contribution is 0.106. The number of allylic oxidation sites excluding steroid dienone is 1. The fourth-order valence-corrected chi connectivity index (χ4v) is 3.85. The highest BCUT2D eigenvalue weighted by Gasteiger charge is 2.17. The van der Waals surface area contributed by atoms with E-state index >= 15 is 0 Å². The van der Waals surface area contributed by atoms with Crippen LogP contribution in [0.1, 0.15) is 30.0 Å². The summed E-state index contributed by atoms with van der Waals surface area (Å²) in [5.74, 6) is 0.412. The van der Waals surface area contributed by atoms with E-state index in [0.717, 1.165) is 19.4 Å². The highest BCUT2D eigenvalue weighted by Crippen LogP contribution is 2.32. The number of benzene rings is 3. The largest absolute Gasteiger partial charge is 0.376 e. The van der Waals surface area contributed by atoms with Gasteiger partial charge in [-0.1, -0.05) is 91.9 Å². The lowest BCUT2D eigenvalue weighted by Crippen LogP contribution is -2.12. The first kappa shape index (κ1) is 17.8. The van der Waals surface area contributed by atoms with E-state index in [9.17, 15) is 0 Å². The smallest absolute Gasteiger partial charge is 0.0717 e. The molecule has 0 fully saturated rings. The zero-order chi connectivity index (χ0) is 18.5. The monoisotopic (exact) mass is 354 g/mol. The number of hydrogen-bond acceptors (Lipinski definition) is 1. The molecule has 27 heavy (non-hydrogen) atoms. The SMILES string of the molecule is CC(COCc1ccc(-c2ccccc2)cc1)C1=CCCc2ccccc21. The number of ether oxygens (including phenoxy) is 1. The molecule has 0 saturated carbocycles. The van der Waals surface area contributed by atoms with Crippen molar-refractivity contribution in [3.8, 4) is 11.1 Å². The molecular formula is C26H26O.